The van der Waals surface area contributed by atoms with Crippen LogP contribution in [0.1, 0.15) is 20.8 Å². The van der Waals surface area contributed by atoms with E-state index in [2.05, 4.69) is 0 Å². The lowest BCUT2D eigenvalue weighted by molar-refractivity contribution is -0.155. The van der Waals surface area contributed by atoms with Crippen molar-refractivity contribution in [1.29, 1.82) is 0 Å². The minimum absolute atomic E-state index is 0.145. The fraction of sp³-hybridized carbons (Fsp3) is 1.00. The van der Waals surface area contributed by atoms with Gasteiger partial charge in [-0.1, -0.05) is 6.92 Å². The van der Waals surface area contributed by atoms with Crippen LogP contribution in [-0.2, 0) is 9.47 Å². The van der Waals surface area contributed by atoms with E-state index in [4.69, 9.17) is 9.47 Å². The summed E-state index contributed by atoms with van der Waals surface area (Å²) in [6.45, 7) is 7.06. The van der Waals surface area contributed by atoms with E-state index in [1.165, 1.54) is 0 Å². The first kappa shape index (κ1) is 9.96. The van der Waals surface area contributed by atoms with Crippen molar-refractivity contribution in [3.8, 4) is 0 Å². The van der Waals surface area contributed by atoms with Crippen LogP contribution in [0, 0.1) is 5.92 Å². The molecule has 3 atom stereocenters. The molecule has 0 aromatic carbocycles. The van der Waals surface area contributed by atoms with Crippen LogP contribution >= 0.6 is 0 Å². The van der Waals surface area contributed by atoms with E-state index in [1.807, 2.05) is 20.8 Å². The van der Waals surface area contributed by atoms with E-state index < -0.39 is 0 Å². The minimum atomic E-state index is -0.374. The van der Waals surface area contributed by atoms with Crippen molar-refractivity contribution in [3.05, 3.63) is 0 Å². The van der Waals surface area contributed by atoms with Crippen molar-refractivity contribution in [3.63, 3.8) is 0 Å². The highest BCUT2D eigenvalue weighted by atomic mass is 16.6. The Balaban J connectivity index is 2.41. The zero-order chi connectivity index (χ0) is 9.14. The van der Waals surface area contributed by atoms with Gasteiger partial charge in [0.2, 0.25) is 0 Å². The highest BCUT2D eigenvalue weighted by Crippen LogP contribution is 2.18. The predicted octanol–water partition coefficient (Wildman–Crippen LogP) is 0.807. The molecule has 0 aromatic rings. The van der Waals surface area contributed by atoms with Gasteiger partial charge in [0.05, 0.1) is 25.4 Å². The summed E-state index contributed by atoms with van der Waals surface area (Å²) in [5.41, 5.74) is 0. The van der Waals surface area contributed by atoms with E-state index in [0.29, 0.717) is 13.2 Å². The highest BCUT2D eigenvalue weighted by molar-refractivity contribution is 4.78. The Labute approximate surface area is 73.7 Å². The van der Waals surface area contributed by atoms with Gasteiger partial charge in [0.15, 0.2) is 0 Å². The fourth-order valence-electron chi connectivity index (χ4n) is 1.40. The second-order valence-electron chi connectivity index (χ2n) is 3.73. The Hall–Kier alpha value is -0.120. The van der Waals surface area contributed by atoms with Gasteiger partial charge in [-0.3, -0.25) is 0 Å². The van der Waals surface area contributed by atoms with E-state index in [1.54, 1.807) is 0 Å². The normalized spacial score (nSPS) is 37.2. The molecule has 3 nitrogen and oxygen atoms in total. The molecule has 0 spiro atoms. The van der Waals surface area contributed by atoms with Crippen molar-refractivity contribution in [1.82, 2.24) is 0 Å². The summed E-state index contributed by atoms with van der Waals surface area (Å²) < 4.78 is 10.8. The summed E-state index contributed by atoms with van der Waals surface area (Å²) in [6, 6.07) is 0. The van der Waals surface area contributed by atoms with Crippen molar-refractivity contribution < 1.29 is 14.6 Å². The maximum atomic E-state index is 9.68. The topological polar surface area (TPSA) is 38.7 Å². The molecular weight excluding hydrogens is 156 g/mol. The molecule has 1 rings (SSSR count). The molecule has 0 bridgehead atoms. The molecule has 1 N–H and O–H groups in total. The van der Waals surface area contributed by atoms with Crippen LogP contribution in [0.15, 0.2) is 0 Å². The lowest BCUT2D eigenvalue weighted by atomic mass is 9.98. The summed E-state index contributed by atoms with van der Waals surface area (Å²) in [7, 11) is 0. The predicted molar refractivity (Wildman–Crippen MR) is 46.0 cm³/mol. The molecule has 12 heavy (non-hydrogen) atoms. The number of hydrogen-bond donors (Lipinski definition) is 1. The average Bonchev–Trinajstić information content (AvgIpc) is 1.98. The quantitative estimate of drug-likeness (QED) is 0.673. The van der Waals surface area contributed by atoms with E-state index >= 15 is 0 Å². The fourth-order valence-corrected chi connectivity index (χ4v) is 1.40. The molecule has 0 radical (unpaired) electrons. The van der Waals surface area contributed by atoms with Gasteiger partial charge in [0, 0.05) is 5.92 Å². The Kier molecular flexibility index (Phi) is 3.50. The van der Waals surface area contributed by atoms with Gasteiger partial charge in [-0.25, -0.2) is 0 Å². The lowest BCUT2D eigenvalue weighted by Gasteiger charge is -2.33. The maximum absolute atomic E-state index is 9.68. The van der Waals surface area contributed by atoms with Crippen molar-refractivity contribution >= 4 is 0 Å². The number of aliphatic hydroxyl groups is 1. The molecule has 0 aliphatic carbocycles. The molecule has 1 saturated heterocycles. The summed E-state index contributed by atoms with van der Waals surface area (Å²) in [5, 5.41) is 9.68. The minimum Gasteiger partial charge on any atom is -0.390 e. The van der Waals surface area contributed by atoms with Crippen LogP contribution in [0.3, 0.4) is 0 Å². The molecular formula is C9H18O3. The SMILES string of the molecule is CC(C)O[C@@H]1COC[C@@H](C)[C@@H]1O. The monoisotopic (exact) mass is 174 g/mol. The molecule has 1 heterocycles. The van der Waals surface area contributed by atoms with Gasteiger partial charge in [-0.05, 0) is 13.8 Å². The Morgan fingerprint density at radius 2 is 2.08 bits per heavy atom. The zero-order valence-corrected chi connectivity index (χ0v) is 7.99. The molecule has 0 saturated carbocycles. The van der Waals surface area contributed by atoms with E-state index in [9.17, 15) is 5.11 Å². The number of aliphatic hydroxyl groups excluding tert-OH is 1. The van der Waals surface area contributed by atoms with Crippen LogP contribution < -0.4 is 0 Å². The van der Waals surface area contributed by atoms with Crippen LogP contribution in [-0.4, -0.2) is 36.6 Å². The van der Waals surface area contributed by atoms with Gasteiger partial charge in [-0.2, -0.15) is 0 Å². The van der Waals surface area contributed by atoms with Crippen molar-refractivity contribution in [2.24, 2.45) is 5.92 Å². The molecule has 0 unspecified atom stereocenters. The number of hydrogen-bond acceptors (Lipinski definition) is 3. The summed E-state index contributed by atoms with van der Waals surface area (Å²) >= 11 is 0. The lowest BCUT2D eigenvalue weighted by Crippen LogP contribution is -2.45. The highest BCUT2D eigenvalue weighted by Gasteiger charge is 2.30. The van der Waals surface area contributed by atoms with Gasteiger partial charge in [-0.15, -0.1) is 0 Å². The second kappa shape index (κ2) is 4.21. The molecule has 1 aliphatic rings. The second-order valence-corrected chi connectivity index (χ2v) is 3.73. The van der Waals surface area contributed by atoms with Crippen molar-refractivity contribution in [2.75, 3.05) is 13.2 Å². The summed E-state index contributed by atoms with van der Waals surface area (Å²) in [6.07, 6.45) is -0.367. The molecule has 0 amide bonds. The van der Waals surface area contributed by atoms with Gasteiger partial charge in [0.25, 0.3) is 0 Å². The largest absolute Gasteiger partial charge is 0.390 e. The van der Waals surface area contributed by atoms with Crippen LogP contribution in [0.2, 0.25) is 0 Å². The number of rotatable bonds is 2. The zero-order valence-electron chi connectivity index (χ0n) is 7.99. The number of ether oxygens (including phenoxy) is 2. The first-order valence-electron chi connectivity index (χ1n) is 4.52. The Bertz CT molecular complexity index is 136. The van der Waals surface area contributed by atoms with Crippen molar-refractivity contribution in [2.45, 2.75) is 39.1 Å². The Morgan fingerprint density at radius 1 is 1.42 bits per heavy atom. The first-order valence-corrected chi connectivity index (χ1v) is 4.52. The molecule has 1 aliphatic heterocycles. The van der Waals surface area contributed by atoms with Crippen LogP contribution in [0.5, 0.6) is 0 Å². The van der Waals surface area contributed by atoms with Gasteiger partial charge < -0.3 is 14.6 Å². The van der Waals surface area contributed by atoms with E-state index in [-0.39, 0.29) is 24.2 Å². The van der Waals surface area contributed by atoms with Crippen LogP contribution in [0.25, 0.3) is 0 Å². The van der Waals surface area contributed by atoms with E-state index in [0.717, 1.165) is 0 Å². The first-order chi connectivity index (χ1) is 5.61. The molecule has 0 aromatic heterocycles. The summed E-state index contributed by atoms with van der Waals surface area (Å²) in [4.78, 5) is 0. The molecule has 1 fully saturated rings. The summed E-state index contributed by atoms with van der Waals surface area (Å²) in [5.74, 6) is 0.183. The molecule has 72 valence electrons. The molecule has 3 heteroatoms. The smallest absolute Gasteiger partial charge is 0.107 e. The third kappa shape index (κ3) is 2.44. The third-order valence-electron chi connectivity index (χ3n) is 2.07. The van der Waals surface area contributed by atoms with Gasteiger partial charge >= 0.3 is 0 Å². The average molecular weight is 174 g/mol. The standard InChI is InChI=1S/C9H18O3/c1-6(2)12-8-5-11-4-7(3)9(8)10/h6-10H,4-5H2,1-3H3/t7-,8-,9+/m1/s1. The van der Waals surface area contributed by atoms with Crippen LogP contribution in [0.4, 0.5) is 0 Å². The van der Waals surface area contributed by atoms with Gasteiger partial charge in [0.1, 0.15) is 6.10 Å². The third-order valence-corrected chi connectivity index (χ3v) is 2.07. The maximum Gasteiger partial charge on any atom is 0.107 e. The Morgan fingerprint density at radius 3 is 2.67 bits per heavy atom.